The number of H-pyrrole nitrogens is 1. The molecule has 0 aliphatic heterocycles. The average Bonchev–Trinajstić information content (AvgIpc) is 2.36. The zero-order valence-corrected chi connectivity index (χ0v) is 5.78. The van der Waals surface area contributed by atoms with Crippen LogP contribution in [0.4, 0.5) is 5.82 Å². The van der Waals surface area contributed by atoms with E-state index in [1.54, 1.807) is 0 Å². The summed E-state index contributed by atoms with van der Waals surface area (Å²) in [5.74, 6) is -0.0598. The van der Waals surface area contributed by atoms with E-state index < -0.39 is 4.92 Å². The van der Waals surface area contributed by atoms with Gasteiger partial charge >= 0.3 is 5.82 Å². The van der Waals surface area contributed by atoms with Gasteiger partial charge in [0.1, 0.15) is 5.69 Å². The zero-order chi connectivity index (χ0) is 8.27. The third-order valence-corrected chi connectivity index (χ3v) is 1.26. The highest BCUT2D eigenvalue weighted by Gasteiger charge is 2.12. The van der Waals surface area contributed by atoms with E-state index in [1.165, 1.54) is 6.33 Å². The number of imidazole rings is 1. The van der Waals surface area contributed by atoms with Crippen molar-refractivity contribution in [1.29, 1.82) is 0 Å². The molecule has 0 aliphatic carbocycles. The predicted octanol–water partition coefficient (Wildman–Crippen LogP) is -0.181. The minimum Gasteiger partial charge on any atom is -0.358 e. The molecular weight excluding hydrogens is 148 g/mol. The van der Waals surface area contributed by atoms with Crippen molar-refractivity contribution in [3.05, 3.63) is 22.1 Å². The van der Waals surface area contributed by atoms with E-state index in [4.69, 9.17) is 5.73 Å². The Morgan fingerprint density at radius 3 is 3.09 bits per heavy atom. The minimum absolute atomic E-state index is 0.0598. The Labute approximate surface area is 62.6 Å². The molecule has 60 valence electrons. The van der Waals surface area contributed by atoms with Gasteiger partial charge in [-0.05, 0) is 11.5 Å². The maximum atomic E-state index is 10.3. The van der Waals surface area contributed by atoms with Crippen LogP contribution in [-0.2, 0) is 6.42 Å². The van der Waals surface area contributed by atoms with Crippen LogP contribution in [0.15, 0.2) is 6.33 Å². The van der Waals surface area contributed by atoms with Crippen molar-refractivity contribution >= 4 is 5.82 Å². The third-order valence-electron chi connectivity index (χ3n) is 1.26. The largest absolute Gasteiger partial charge is 0.358 e. The van der Waals surface area contributed by atoms with Crippen molar-refractivity contribution in [2.75, 3.05) is 6.54 Å². The monoisotopic (exact) mass is 156 g/mol. The number of nitrogens with zero attached hydrogens (tertiary/aromatic N) is 2. The van der Waals surface area contributed by atoms with Crippen molar-refractivity contribution in [2.24, 2.45) is 5.73 Å². The van der Waals surface area contributed by atoms with Crippen LogP contribution >= 0.6 is 0 Å². The molecule has 1 rings (SSSR count). The number of nitro groups is 1. The first-order chi connectivity index (χ1) is 5.25. The molecule has 6 heteroatoms. The summed E-state index contributed by atoms with van der Waals surface area (Å²) < 4.78 is 0. The maximum absolute atomic E-state index is 10.3. The molecule has 11 heavy (non-hydrogen) atoms. The van der Waals surface area contributed by atoms with Crippen LogP contribution in [0, 0.1) is 10.1 Å². The molecule has 1 aromatic heterocycles. The van der Waals surface area contributed by atoms with Gasteiger partial charge in [0.05, 0.1) is 0 Å². The van der Waals surface area contributed by atoms with E-state index in [1.807, 2.05) is 0 Å². The van der Waals surface area contributed by atoms with E-state index >= 15 is 0 Å². The summed E-state index contributed by atoms with van der Waals surface area (Å²) in [4.78, 5) is 15.9. The second-order valence-electron chi connectivity index (χ2n) is 1.99. The first kappa shape index (κ1) is 7.67. The second-order valence-corrected chi connectivity index (χ2v) is 1.99. The van der Waals surface area contributed by atoms with E-state index in [0.29, 0.717) is 18.7 Å². The fourth-order valence-electron chi connectivity index (χ4n) is 0.794. The van der Waals surface area contributed by atoms with Gasteiger partial charge in [-0.2, -0.15) is 0 Å². The smallest absolute Gasteiger partial charge is 0.343 e. The number of aromatic nitrogens is 2. The fraction of sp³-hybridized carbons (Fsp3) is 0.400. The lowest BCUT2D eigenvalue weighted by Gasteiger charge is -1.92. The highest BCUT2D eigenvalue weighted by Crippen LogP contribution is 2.11. The Hall–Kier alpha value is -1.43. The van der Waals surface area contributed by atoms with Gasteiger partial charge < -0.3 is 15.8 Å². The highest BCUT2D eigenvalue weighted by atomic mass is 16.6. The average molecular weight is 156 g/mol. The Kier molecular flexibility index (Phi) is 2.17. The minimum atomic E-state index is -0.502. The van der Waals surface area contributed by atoms with Crippen molar-refractivity contribution in [1.82, 2.24) is 9.97 Å². The first-order valence-electron chi connectivity index (χ1n) is 3.12. The lowest BCUT2D eigenvalue weighted by atomic mass is 10.3. The van der Waals surface area contributed by atoms with E-state index in [0.717, 1.165) is 0 Å². The van der Waals surface area contributed by atoms with Crippen LogP contribution < -0.4 is 5.73 Å². The predicted molar refractivity (Wildman–Crippen MR) is 38.0 cm³/mol. The van der Waals surface area contributed by atoms with E-state index in [-0.39, 0.29) is 5.82 Å². The molecule has 0 unspecified atom stereocenters. The van der Waals surface area contributed by atoms with Crippen LogP contribution in [0.1, 0.15) is 5.69 Å². The van der Waals surface area contributed by atoms with Crippen LogP contribution in [0.2, 0.25) is 0 Å². The molecule has 0 radical (unpaired) electrons. The molecular formula is C5H8N4O2. The number of aromatic amines is 1. The van der Waals surface area contributed by atoms with Gasteiger partial charge in [0.15, 0.2) is 6.33 Å². The molecule has 0 saturated carbocycles. The highest BCUT2D eigenvalue weighted by molar-refractivity contribution is 5.25. The number of nitrogens with one attached hydrogen (secondary N) is 1. The molecule has 0 spiro atoms. The van der Waals surface area contributed by atoms with Crippen molar-refractivity contribution in [2.45, 2.75) is 6.42 Å². The number of hydrogen-bond acceptors (Lipinski definition) is 4. The van der Waals surface area contributed by atoms with Crippen molar-refractivity contribution in [3.63, 3.8) is 0 Å². The molecule has 0 amide bonds. The molecule has 1 aromatic rings. The number of rotatable bonds is 3. The van der Waals surface area contributed by atoms with Crippen LogP contribution in [0.5, 0.6) is 0 Å². The van der Waals surface area contributed by atoms with Gasteiger partial charge in [-0.1, -0.05) is 0 Å². The fourth-order valence-corrected chi connectivity index (χ4v) is 0.794. The Bertz CT molecular complexity index is 257. The summed E-state index contributed by atoms with van der Waals surface area (Å²) in [7, 11) is 0. The topological polar surface area (TPSA) is 97.8 Å². The molecule has 0 aromatic carbocycles. The third kappa shape index (κ3) is 1.53. The quantitative estimate of drug-likeness (QED) is 0.468. The summed E-state index contributed by atoms with van der Waals surface area (Å²) in [5.41, 5.74) is 5.63. The second kappa shape index (κ2) is 3.11. The van der Waals surface area contributed by atoms with E-state index in [2.05, 4.69) is 9.97 Å². The van der Waals surface area contributed by atoms with Crippen molar-refractivity contribution < 1.29 is 4.92 Å². The Balaban J connectivity index is 2.87. The van der Waals surface area contributed by atoms with Gasteiger partial charge in [-0.25, -0.2) is 9.97 Å². The molecule has 0 aliphatic rings. The summed E-state index contributed by atoms with van der Waals surface area (Å²) in [5, 5.41) is 10.3. The zero-order valence-electron chi connectivity index (χ0n) is 5.78. The lowest BCUT2D eigenvalue weighted by molar-refractivity contribution is -0.390. The number of hydrogen-bond donors (Lipinski definition) is 2. The molecule has 0 atom stereocenters. The maximum Gasteiger partial charge on any atom is 0.343 e. The van der Waals surface area contributed by atoms with Crippen LogP contribution in [0.25, 0.3) is 0 Å². The molecule has 0 bridgehead atoms. The molecule has 0 saturated heterocycles. The molecule has 1 heterocycles. The molecule has 0 fully saturated rings. The summed E-state index contributed by atoms with van der Waals surface area (Å²) in [6, 6.07) is 0. The van der Waals surface area contributed by atoms with Gasteiger partial charge in [0, 0.05) is 6.42 Å². The summed E-state index contributed by atoms with van der Waals surface area (Å²) in [6.45, 7) is 0.367. The van der Waals surface area contributed by atoms with Crippen molar-refractivity contribution in [3.8, 4) is 0 Å². The molecule has 6 nitrogen and oxygen atoms in total. The first-order valence-corrected chi connectivity index (χ1v) is 3.12. The van der Waals surface area contributed by atoms with Crippen LogP contribution in [-0.4, -0.2) is 21.4 Å². The number of nitrogens with two attached hydrogens (primary N) is 1. The Morgan fingerprint density at radius 1 is 1.82 bits per heavy atom. The summed E-state index contributed by atoms with van der Waals surface area (Å²) in [6.07, 6.45) is 1.73. The standard InChI is InChI=1S/C5H8N4O2/c6-2-1-4-5(9(10)11)8-3-7-4/h3H,1-2,6H2,(H,7,8). The SMILES string of the molecule is NCCc1nc[nH]c1[N+](=O)[O-]. The Morgan fingerprint density at radius 2 is 2.55 bits per heavy atom. The summed E-state index contributed by atoms with van der Waals surface area (Å²) >= 11 is 0. The van der Waals surface area contributed by atoms with Gasteiger partial charge in [-0.15, -0.1) is 0 Å². The van der Waals surface area contributed by atoms with Gasteiger partial charge in [-0.3, -0.25) is 0 Å². The normalized spacial score (nSPS) is 9.91. The molecule has 3 N–H and O–H groups in total. The van der Waals surface area contributed by atoms with Gasteiger partial charge in [0.25, 0.3) is 0 Å². The van der Waals surface area contributed by atoms with E-state index in [9.17, 15) is 10.1 Å². The van der Waals surface area contributed by atoms with Crippen LogP contribution in [0.3, 0.4) is 0 Å². The lowest BCUT2D eigenvalue weighted by Crippen LogP contribution is -2.05. The van der Waals surface area contributed by atoms with Gasteiger partial charge in [0.2, 0.25) is 0 Å².